The van der Waals surface area contributed by atoms with Gasteiger partial charge in [0.15, 0.2) is 5.13 Å². The molecule has 1 N–H and O–H groups in total. The summed E-state index contributed by atoms with van der Waals surface area (Å²) in [5, 5.41) is 5.45. The largest absolute Gasteiger partial charge is 0.302 e. The molecule has 0 saturated heterocycles. The summed E-state index contributed by atoms with van der Waals surface area (Å²) in [5.74, 6) is 0.0430. The second-order valence-corrected chi connectivity index (χ2v) is 5.54. The van der Waals surface area contributed by atoms with Crippen molar-refractivity contribution >= 4 is 22.4 Å². The van der Waals surface area contributed by atoms with Crippen molar-refractivity contribution in [1.29, 1.82) is 0 Å². The van der Waals surface area contributed by atoms with Gasteiger partial charge in [-0.05, 0) is 32.3 Å². The topological polar surface area (TPSA) is 42.0 Å². The number of anilines is 1. The average Bonchev–Trinajstić information content (AvgIpc) is 2.77. The van der Waals surface area contributed by atoms with Crippen molar-refractivity contribution < 1.29 is 4.79 Å². The van der Waals surface area contributed by atoms with Gasteiger partial charge < -0.3 is 5.32 Å². The van der Waals surface area contributed by atoms with Gasteiger partial charge in [-0.1, -0.05) is 29.8 Å². The molecular formula is C15H18N2OS. The van der Waals surface area contributed by atoms with Crippen molar-refractivity contribution in [3.05, 3.63) is 46.5 Å². The van der Waals surface area contributed by atoms with Gasteiger partial charge in [-0.15, -0.1) is 11.3 Å². The zero-order valence-electron chi connectivity index (χ0n) is 11.3. The summed E-state index contributed by atoms with van der Waals surface area (Å²) in [6.07, 6.45) is 2.33. The molecule has 1 amide bonds. The fourth-order valence-electron chi connectivity index (χ4n) is 1.80. The number of aromatic nitrogens is 1. The molecule has 100 valence electrons. The molecule has 4 heteroatoms. The number of nitrogens with one attached hydrogen (secondary N) is 1. The van der Waals surface area contributed by atoms with E-state index in [-0.39, 0.29) is 5.91 Å². The lowest BCUT2D eigenvalue weighted by molar-refractivity contribution is -0.116. The highest BCUT2D eigenvalue weighted by Gasteiger charge is 2.05. The highest BCUT2D eigenvalue weighted by atomic mass is 32.1. The van der Waals surface area contributed by atoms with Crippen LogP contribution < -0.4 is 5.32 Å². The maximum atomic E-state index is 11.7. The number of amides is 1. The molecule has 0 fully saturated rings. The number of rotatable bonds is 5. The third kappa shape index (κ3) is 4.48. The van der Waals surface area contributed by atoms with E-state index in [1.54, 1.807) is 0 Å². The van der Waals surface area contributed by atoms with E-state index in [1.807, 2.05) is 12.3 Å². The molecule has 0 bridgehead atoms. The lowest BCUT2D eigenvalue weighted by Crippen LogP contribution is -2.11. The molecule has 1 aromatic carbocycles. The molecule has 1 heterocycles. The number of thiazole rings is 1. The van der Waals surface area contributed by atoms with Crippen LogP contribution in [0.2, 0.25) is 0 Å². The molecule has 0 saturated carbocycles. The van der Waals surface area contributed by atoms with E-state index in [9.17, 15) is 4.79 Å². The minimum atomic E-state index is 0.0430. The van der Waals surface area contributed by atoms with Crippen LogP contribution in [-0.4, -0.2) is 10.9 Å². The molecule has 0 aliphatic rings. The van der Waals surface area contributed by atoms with Crippen molar-refractivity contribution in [2.45, 2.75) is 33.1 Å². The monoisotopic (exact) mass is 274 g/mol. The van der Waals surface area contributed by atoms with Gasteiger partial charge in [-0.3, -0.25) is 4.79 Å². The Hall–Kier alpha value is -1.68. The molecule has 0 unspecified atom stereocenters. The Kier molecular flexibility index (Phi) is 4.68. The fraction of sp³-hybridized carbons (Fsp3) is 0.333. The lowest BCUT2D eigenvalue weighted by atomic mass is 10.1. The van der Waals surface area contributed by atoms with Crippen LogP contribution in [0, 0.1) is 13.8 Å². The van der Waals surface area contributed by atoms with Crippen molar-refractivity contribution in [2.75, 3.05) is 5.32 Å². The van der Waals surface area contributed by atoms with Gasteiger partial charge in [0.2, 0.25) is 5.91 Å². The maximum absolute atomic E-state index is 11.7. The molecule has 0 aliphatic heterocycles. The predicted octanol–water partition coefficient (Wildman–Crippen LogP) is 3.72. The summed E-state index contributed by atoms with van der Waals surface area (Å²) in [7, 11) is 0. The number of carbonyl (C=O) groups excluding carboxylic acids is 1. The molecule has 0 spiro atoms. The summed E-state index contributed by atoms with van der Waals surface area (Å²) >= 11 is 1.47. The average molecular weight is 274 g/mol. The molecule has 1 aromatic heterocycles. The third-order valence-corrected chi connectivity index (χ3v) is 3.73. The molecule has 19 heavy (non-hydrogen) atoms. The Labute approximate surface area is 117 Å². The van der Waals surface area contributed by atoms with Crippen molar-refractivity contribution in [1.82, 2.24) is 4.98 Å². The molecular weight excluding hydrogens is 256 g/mol. The summed E-state index contributed by atoms with van der Waals surface area (Å²) in [4.78, 5) is 15.9. The van der Waals surface area contributed by atoms with Crippen LogP contribution in [0.15, 0.2) is 29.6 Å². The zero-order valence-corrected chi connectivity index (χ0v) is 12.1. The number of nitrogens with zero attached hydrogens (tertiary/aromatic N) is 1. The van der Waals surface area contributed by atoms with Gasteiger partial charge >= 0.3 is 0 Å². The van der Waals surface area contributed by atoms with E-state index in [0.717, 1.165) is 18.5 Å². The Balaban J connectivity index is 1.73. The van der Waals surface area contributed by atoms with Gasteiger partial charge in [0.1, 0.15) is 0 Å². The molecule has 2 rings (SSSR count). The number of carbonyl (C=O) groups is 1. The van der Waals surface area contributed by atoms with Crippen LogP contribution in [-0.2, 0) is 11.2 Å². The minimum absolute atomic E-state index is 0.0430. The van der Waals surface area contributed by atoms with E-state index in [4.69, 9.17) is 0 Å². The second kappa shape index (κ2) is 6.48. The first kappa shape index (κ1) is 13.7. The second-order valence-electron chi connectivity index (χ2n) is 4.68. The van der Waals surface area contributed by atoms with E-state index < -0.39 is 0 Å². The SMILES string of the molecule is Cc1ccc(CCCC(=O)Nc2nc(C)cs2)cc1. The maximum Gasteiger partial charge on any atom is 0.226 e. The van der Waals surface area contributed by atoms with Crippen molar-refractivity contribution in [3.63, 3.8) is 0 Å². The first-order valence-electron chi connectivity index (χ1n) is 6.41. The van der Waals surface area contributed by atoms with Crippen LogP contribution in [0.1, 0.15) is 29.7 Å². The number of benzene rings is 1. The normalized spacial score (nSPS) is 10.4. The lowest BCUT2D eigenvalue weighted by Gasteiger charge is -2.03. The third-order valence-electron chi connectivity index (χ3n) is 2.86. The summed E-state index contributed by atoms with van der Waals surface area (Å²) in [6, 6.07) is 8.45. The smallest absolute Gasteiger partial charge is 0.226 e. The van der Waals surface area contributed by atoms with Crippen LogP contribution in [0.5, 0.6) is 0 Å². The van der Waals surface area contributed by atoms with Gasteiger partial charge in [-0.25, -0.2) is 4.98 Å². The van der Waals surface area contributed by atoms with Gasteiger partial charge in [0, 0.05) is 11.8 Å². The first-order chi connectivity index (χ1) is 9.13. The fourth-order valence-corrected chi connectivity index (χ4v) is 2.51. The van der Waals surface area contributed by atoms with E-state index in [1.165, 1.54) is 22.5 Å². The highest BCUT2D eigenvalue weighted by Crippen LogP contribution is 2.15. The Morgan fingerprint density at radius 1 is 1.26 bits per heavy atom. The number of hydrogen-bond acceptors (Lipinski definition) is 3. The van der Waals surface area contributed by atoms with Crippen LogP contribution in [0.4, 0.5) is 5.13 Å². The number of aryl methyl sites for hydroxylation is 3. The molecule has 2 aromatic rings. The van der Waals surface area contributed by atoms with Crippen molar-refractivity contribution in [2.24, 2.45) is 0 Å². The van der Waals surface area contributed by atoms with E-state index in [0.29, 0.717) is 11.6 Å². The van der Waals surface area contributed by atoms with E-state index >= 15 is 0 Å². The Morgan fingerprint density at radius 3 is 2.63 bits per heavy atom. The molecule has 0 aliphatic carbocycles. The van der Waals surface area contributed by atoms with Crippen LogP contribution >= 0.6 is 11.3 Å². The summed E-state index contributed by atoms with van der Waals surface area (Å²) in [5.41, 5.74) is 3.49. The van der Waals surface area contributed by atoms with Crippen LogP contribution in [0.25, 0.3) is 0 Å². The van der Waals surface area contributed by atoms with Gasteiger partial charge in [-0.2, -0.15) is 0 Å². The van der Waals surface area contributed by atoms with Crippen LogP contribution in [0.3, 0.4) is 0 Å². The van der Waals surface area contributed by atoms with Crippen molar-refractivity contribution in [3.8, 4) is 0 Å². The first-order valence-corrected chi connectivity index (χ1v) is 7.29. The van der Waals surface area contributed by atoms with Gasteiger partial charge in [0.25, 0.3) is 0 Å². The minimum Gasteiger partial charge on any atom is -0.302 e. The zero-order chi connectivity index (χ0) is 13.7. The Morgan fingerprint density at radius 2 is 2.00 bits per heavy atom. The molecule has 3 nitrogen and oxygen atoms in total. The predicted molar refractivity (Wildman–Crippen MR) is 79.6 cm³/mol. The Bertz CT molecular complexity index is 546. The number of hydrogen-bond donors (Lipinski definition) is 1. The van der Waals surface area contributed by atoms with Gasteiger partial charge in [0.05, 0.1) is 5.69 Å². The quantitative estimate of drug-likeness (QED) is 0.903. The standard InChI is InChI=1S/C15H18N2OS/c1-11-6-8-13(9-7-11)4-3-5-14(18)17-15-16-12(2)10-19-15/h6-10H,3-5H2,1-2H3,(H,16,17,18). The molecule has 0 radical (unpaired) electrons. The molecule has 0 atom stereocenters. The highest BCUT2D eigenvalue weighted by molar-refractivity contribution is 7.13. The summed E-state index contributed by atoms with van der Waals surface area (Å²) in [6.45, 7) is 4.00. The van der Waals surface area contributed by atoms with E-state index in [2.05, 4.69) is 41.5 Å². The summed E-state index contributed by atoms with van der Waals surface area (Å²) < 4.78 is 0.